The summed E-state index contributed by atoms with van der Waals surface area (Å²) < 4.78 is 26.3. The largest absolute Gasteiger partial charge is 0.386 e. The zero-order valence-corrected chi connectivity index (χ0v) is 17.3. The Labute approximate surface area is 175 Å². The van der Waals surface area contributed by atoms with E-state index in [9.17, 15) is 14.9 Å². The average Bonchev–Trinajstić information content (AvgIpc) is 3.29. The molecule has 3 rings (SSSR count). The van der Waals surface area contributed by atoms with Gasteiger partial charge in [-0.25, -0.2) is 9.38 Å². The fraction of sp³-hybridized carbons (Fsp3) is 0.571. The van der Waals surface area contributed by atoms with Crippen molar-refractivity contribution in [2.45, 2.75) is 51.4 Å². The van der Waals surface area contributed by atoms with E-state index in [1.807, 2.05) is 13.8 Å². The smallest absolute Gasteiger partial charge is 0.293 e. The van der Waals surface area contributed by atoms with Gasteiger partial charge in [0, 0.05) is 5.92 Å². The van der Waals surface area contributed by atoms with Crippen LogP contribution in [0.1, 0.15) is 51.0 Å². The van der Waals surface area contributed by atoms with Crippen molar-refractivity contribution in [2.24, 2.45) is 21.6 Å². The second-order valence-electron chi connectivity index (χ2n) is 7.43. The maximum Gasteiger partial charge on any atom is 0.293 e. The minimum absolute atomic E-state index is 0.0186. The van der Waals surface area contributed by atoms with Crippen molar-refractivity contribution in [3.63, 3.8) is 0 Å². The number of rotatable bonds is 9. The number of nitrogens with zero attached hydrogens (tertiary/aromatic N) is 3. The standard InChI is InChI=1S/C21H24ClFN4O2/c1-3-5-9-28-21(29-10-6-4-2)20(13-25)17(19(20,12-24)18(26)27-21)14-7-8-15(22)16(23)11-14/h7-8,11,17H,3-6,9-10H2,1-2H3,(H2,26,27). The molecule has 29 heavy (non-hydrogen) atoms. The van der Waals surface area contributed by atoms with Crippen LogP contribution in [0.15, 0.2) is 23.2 Å². The van der Waals surface area contributed by atoms with Gasteiger partial charge < -0.3 is 15.2 Å². The Morgan fingerprint density at radius 1 is 1.17 bits per heavy atom. The average molecular weight is 419 g/mol. The number of fused-ring (bicyclic) bond motifs is 1. The topological polar surface area (TPSA) is 104 Å². The maximum atomic E-state index is 14.2. The number of halogens is 2. The molecule has 1 heterocycles. The van der Waals surface area contributed by atoms with Crippen LogP contribution in [0.5, 0.6) is 0 Å². The molecule has 0 aromatic heterocycles. The molecule has 1 aromatic rings. The first kappa shape index (κ1) is 21.5. The third-order valence-corrected chi connectivity index (χ3v) is 6.10. The molecule has 154 valence electrons. The summed E-state index contributed by atoms with van der Waals surface area (Å²) >= 11 is 5.81. The molecular weight excluding hydrogens is 395 g/mol. The lowest BCUT2D eigenvalue weighted by Crippen LogP contribution is -2.44. The van der Waals surface area contributed by atoms with Crippen LogP contribution in [0.25, 0.3) is 0 Å². The van der Waals surface area contributed by atoms with Gasteiger partial charge in [0.15, 0.2) is 5.41 Å². The van der Waals surface area contributed by atoms with E-state index in [-0.39, 0.29) is 10.9 Å². The molecule has 0 spiro atoms. The number of nitrogens with two attached hydrogens (primary N) is 1. The van der Waals surface area contributed by atoms with E-state index in [0.29, 0.717) is 18.8 Å². The van der Waals surface area contributed by atoms with E-state index in [4.69, 9.17) is 26.8 Å². The number of ether oxygens (including phenoxy) is 2. The van der Waals surface area contributed by atoms with Crippen LogP contribution in [-0.4, -0.2) is 25.0 Å². The van der Waals surface area contributed by atoms with Crippen LogP contribution >= 0.6 is 11.6 Å². The summed E-state index contributed by atoms with van der Waals surface area (Å²) in [6.07, 6.45) is 3.21. The Morgan fingerprint density at radius 3 is 2.28 bits per heavy atom. The van der Waals surface area contributed by atoms with Crippen LogP contribution in [0.2, 0.25) is 5.02 Å². The molecule has 1 aliphatic heterocycles. The van der Waals surface area contributed by atoms with E-state index >= 15 is 0 Å². The number of benzene rings is 1. The zero-order chi connectivity index (χ0) is 21.3. The third kappa shape index (κ3) is 2.84. The predicted octanol–water partition coefficient (Wildman–Crippen LogP) is 4.25. The molecule has 1 aliphatic carbocycles. The molecule has 0 radical (unpaired) electrons. The van der Waals surface area contributed by atoms with Gasteiger partial charge in [0.1, 0.15) is 17.1 Å². The summed E-state index contributed by atoms with van der Waals surface area (Å²) in [5, 5.41) is 20.3. The van der Waals surface area contributed by atoms with Gasteiger partial charge in [-0.15, -0.1) is 0 Å². The van der Waals surface area contributed by atoms with Crippen LogP contribution in [-0.2, 0) is 9.47 Å². The minimum atomic E-state index is -1.70. The number of hydrogen-bond acceptors (Lipinski definition) is 6. The Bertz CT molecular complexity index is 899. The Kier molecular flexibility index (Phi) is 5.87. The molecule has 0 bridgehead atoms. The van der Waals surface area contributed by atoms with E-state index < -0.39 is 28.5 Å². The summed E-state index contributed by atoms with van der Waals surface area (Å²) in [4.78, 5) is 4.38. The van der Waals surface area contributed by atoms with Crippen molar-refractivity contribution in [2.75, 3.05) is 13.2 Å². The molecule has 2 aliphatic rings. The normalized spacial score (nSPS) is 28.9. The van der Waals surface area contributed by atoms with Gasteiger partial charge in [-0.1, -0.05) is 44.4 Å². The Morgan fingerprint density at radius 2 is 1.79 bits per heavy atom. The van der Waals surface area contributed by atoms with Gasteiger partial charge in [-0.2, -0.15) is 10.5 Å². The molecule has 0 amide bonds. The van der Waals surface area contributed by atoms with Gasteiger partial charge in [0.05, 0.1) is 30.4 Å². The maximum absolute atomic E-state index is 14.2. The highest BCUT2D eigenvalue weighted by atomic mass is 35.5. The Balaban J connectivity index is 2.11. The van der Waals surface area contributed by atoms with Crippen molar-refractivity contribution in [1.82, 2.24) is 0 Å². The molecular formula is C21H24ClFN4O2. The van der Waals surface area contributed by atoms with Gasteiger partial charge in [-0.05, 0) is 30.5 Å². The second-order valence-corrected chi connectivity index (χ2v) is 7.84. The summed E-state index contributed by atoms with van der Waals surface area (Å²) in [7, 11) is 0. The number of hydrogen-bond donors (Lipinski definition) is 1. The van der Waals surface area contributed by atoms with E-state index in [1.54, 1.807) is 6.07 Å². The molecule has 2 N–H and O–H groups in total. The number of amidine groups is 1. The van der Waals surface area contributed by atoms with Crippen molar-refractivity contribution in [3.05, 3.63) is 34.6 Å². The lowest BCUT2D eigenvalue weighted by molar-refractivity contribution is -0.260. The van der Waals surface area contributed by atoms with Crippen molar-refractivity contribution < 1.29 is 13.9 Å². The van der Waals surface area contributed by atoms with Crippen molar-refractivity contribution >= 4 is 17.4 Å². The lowest BCUT2D eigenvalue weighted by atomic mass is 9.93. The second kappa shape index (κ2) is 7.91. The van der Waals surface area contributed by atoms with E-state index in [2.05, 4.69) is 17.1 Å². The third-order valence-electron chi connectivity index (χ3n) is 5.80. The first-order valence-corrected chi connectivity index (χ1v) is 10.2. The van der Waals surface area contributed by atoms with Gasteiger partial charge in [-0.3, -0.25) is 0 Å². The van der Waals surface area contributed by atoms with E-state index in [1.165, 1.54) is 12.1 Å². The van der Waals surface area contributed by atoms with Crippen molar-refractivity contribution in [1.29, 1.82) is 10.5 Å². The number of unbranched alkanes of at least 4 members (excludes halogenated alkanes) is 2. The van der Waals surface area contributed by atoms with Crippen LogP contribution in [0.4, 0.5) is 4.39 Å². The van der Waals surface area contributed by atoms with Crippen LogP contribution < -0.4 is 5.73 Å². The summed E-state index contributed by atoms with van der Waals surface area (Å²) in [5.41, 5.74) is 3.70. The molecule has 3 atom stereocenters. The van der Waals surface area contributed by atoms with Crippen LogP contribution in [0, 0.1) is 39.3 Å². The molecule has 1 aromatic carbocycles. The fourth-order valence-electron chi connectivity index (χ4n) is 4.26. The molecule has 6 nitrogen and oxygen atoms in total. The Hall–Kier alpha value is -2.19. The highest BCUT2D eigenvalue weighted by Crippen LogP contribution is 2.82. The highest BCUT2D eigenvalue weighted by Gasteiger charge is 2.93. The van der Waals surface area contributed by atoms with Gasteiger partial charge >= 0.3 is 0 Å². The van der Waals surface area contributed by atoms with Gasteiger partial charge in [0.2, 0.25) is 0 Å². The first-order valence-electron chi connectivity index (χ1n) is 9.81. The van der Waals surface area contributed by atoms with E-state index in [0.717, 1.165) is 25.7 Å². The molecule has 1 saturated carbocycles. The summed E-state index contributed by atoms with van der Waals surface area (Å²) in [5.74, 6) is -3.09. The van der Waals surface area contributed by atoms with Gasteiger partial charge in [0.25, 0.3) is 5.91 Å². The predicted molar refractivity (Wildman–Crippen MR) is 106 cm³/mol. The molecule has 0 saturated heterocycles. The van der Waals surface area contributed by atoms with Crippen LogP contribution in [0.3, 0.4) is 0 Å². The SMILES string of the molecule is CCCCOC1(OCCCC)N=C(N)C2(C#N)C(c3ccc(Cl)c(F)c3)C12C#N. The number of aliphatic imine (C=N–C) groups is 1. The van der Waals surface area contributed by atoms with Crippen molar-refractivity contribution in [3.8, 4) is 12.1 Å². The fourth-order valence-corrected chi connectivity index (χ4v) is 4.38. The number of nitriles is 2. The summed E-state index contributed by atoms with van der Waals surface area (Å²) in [6, 6.07) is 8.66. The quantitative estimate of drug-likeness (QED) is 0.476. The first-order chi connectivity index (χ1) is 13.9. The lowest BCUT2D eigenvalue weighted by Gasteiger charge is -2.32. The molecule has 1 fully saturated rings. The molecule has 8 heteroatoms. The summed E-state index contributed by atoms with van der Waals surface area (Å²) in [6.45, 7) is 4.62. The molecule has 3 unspecified atom stereocenters. The monoisotopic (exact) mass is 418 g/mol. The zero-order valence-electron chi connectivity index (χ0n) is 16.5. The minimum Gasteiger partial charge on any atom is -0.386 e. The highest BCUT2D eigenvalue weighted by molar-refractivity contribution is 6.30.